The van der Waals surface area contributed by atoms with Crippen LogP contribution in [-0.2, 0) is 0 Å². The molecule has 2 heteroatoms. The maximum absolute atomic E-state index is 13.1. The van der Waals surface area contributed by atoms with Crippen molar-refractivity contribution in [1.29, 1.82) is 0 Å². The van der Waals surface area contributed by atoms with Gasteiger partial charge in [0.2, 0.25) is 0 Å². The van der Waals surface area contributed by atoms with E-state index in [1.165, 1.54) is 0 Å². The summed E-state index contributed by atoms with van der Waals surface area (Å²) in [6.45, 7) is 1.94. The van der Waals surface area contributed by atoms with Gasteiger partial charge in [0.05, 0.1) is 0 Å². The first kappa shape index (κ1) is 10.8. The van der Waals surface area contributed by atoms with Crippen molar-refractivity contribution in [1.82, 2.24) is 0 Å². The highest BCUT2D eigenvalue weighted by atomic mass is 19.1. The second-order valence-corrected chi connectivity index (χ2v) is 3.99. The van der Waals surface area contributed by atoms with E-state index in [0.29, 0.717) is 5.56 Å². The summed E-state index contributed by atoms with van der Waals surface area (Å²) in [5.74, 6) is -0.167. The lowest BCUT2D eigenvalue weighted by molar-refractivity contribution is 0.112. The molecular formula is C14H13FO. The molecule has 0 fully saturated rings. The molecule has 0 spiro atoms. The summed E-state index contributed by atoms with van der Waals surface area (Å²) < 4.78 is 13.1. The predicted octanol–water partition coefficient (Wildman–Crippen LogP) is 3.84. The van der Waals surface area contributed by atoms with Crippen molar-refractivity contribution in [2.75, 3.05) is 0 Å². The molecule has 1 nitrogen and oxygen atoms in total. The zero-order chi connectivity index (χ0) is 11.5. The first-order valence-electron chi connectivity index (χ1n) is 5.33. The van der Waals surface area contributed by atoms with Crippen LogP contribution in [0, 0.1) is 6.92 Å². The SMILES string of the molecule is Cc1cc(C=O)ccc1C1=CC(F)=CCC1. The minimum absolute atomic E-state index is 0.167. The zero-order valence-corrected chi connectivity index (χ0v) is 9.16. The third-order valence-corrected chi connectivity index (χ3v) is 2.80. The number of aryl methyl sites for hydroxylation is 1. The van der Waals surface area contributed by atoms with Crippen LogP contribution in [0.1, 0.15) is 34.3 Å². The van der Waals surface area contributed by atoms with Gasteiger partial charge in [-0.1, -0.05) is 12.1 Å². The molecule has 1 aromatic rings. The molecule has 1 aromatic carbocycles. The summed E-state index contributed by atoms with van der Waals surface area (Å²) in [4.78, 5) is 10.6. The Morgan fingerprint density at radius 1 is 1.38 bits per heavy atom. The van der Waals surface area contributed by atoms with Gasteiger partial charge in [-0.15, -0.1) is 0 Å². The van der Waals surface area contributed by atoms with Crippen molar-refractivity contribution in [2.45, 2.75) is 19.8 Å². The number of carbonyl (C=O) groups is 1. The van der Waals surface area contributed by atoms with Crippen molar-refractivity contribution in [2.24, 2.45) is 0 Å². The molecule has 0 aliphatic heterocycles. The first-order chi connectivity index (χ1) is 7.70. The minimum Gasteiger partial charge on any atom is -0.298 e. The van der Waals surface area contributed by atoms with Crippen molar-refractivity contribution in [3.63, 3.8) is 0 Å². The molecule has 0 radical (unpaired) electrons. The van der Waals surface area contributed by atoms with E-state index >= 15 is 0 Å². The predicted molar refractivity (Wildman–Crippen MR) is 63.0 cm³/mol. The number of allylic oxidation sites excluding steroid dienone is 4. The Kier molecular flexibility index (Phi) is 3.00. The van der Waals surface area contributed by atoms with E-state index in [4.69, 9.17) is 0 Å². The lowest BCUT2D eigenvalue weighted by atomic mass is 9.93. The van der Waals surface area contributed by atoms with Gasteiger partial charge in [-0.25, -0.2) is 4.39 Å². The molecule has 0 heterocycles. The number of halogens is 1. The van der Waals surface area contributed by atoms with Gasteiger partial charge in [0.1, 0.15) is 12.1 Å². The lowest BCUT2D eigenvalue weighted by Crippen LogP contribution is -1.94. The Bertz CT molecular complexity index is 484. The van der Waals surface area contributed by atoms with Crippen molar-refractivity contribution < 1.29 is 9.18 Å². The van der Waals surface area contributed by atoms with Crippen LogP contribution in [-0.4, -0.2) is 6.29 Å². The van der Waals surface area contributed by atoms with Crippen LogP contribution in [0.15, 0.2) is 36.2 Å². The molecule has 0 atom stereocenters. The summed E-state index contributed by atoms with van der Waals surface area (Å²) in [5.41, 5.74) is 3.73. The molecule has 2 rings (SSSR count). The summed E-state index contributed by atoms with van der Waals surface area (Å²) in [6, 6.07) is 5.50. The zero-order valence-electron chi connectivity index (χ0n) is 9.16. The first-order valence-corrected chi connectivity index (χ1v) is 5.33. The van der Waals surface area contributed by atoms with Crippen LogP contribution in [0.4, 0.5) is 4.39 Å². The highest BCUT2D eigenvalue weighted by Crippen LogP contribution is 2.29. The summed E-state index contributed by atoms with van der Waals surface area (Å²) >= 11 is 0. The molecular weight excluding hydrogens is 203 g/mol. The fourth-order valence-electron chi connectivity index (χ4n) is 2.00. The monoisotopic (exact) mass is 216 g/mol. The summed E-state index contributed by atoms with van der Waals surface area (Å²) in [7, 11) is 0. The van der Waals surface area contributed by atoms with E-state index in [2.05, 4.69) is 0 Å². The molecule has 0 amide bonds. The average molecular weight is 216 g/mol. The Labute approximate surface area is 94.3 Å². The van der Waals surface area contributed by atoms with E-state index in [1.54, 1.807) is 18.2 Å². The highest BCUT2D eigenvalue weighted by molar-refractivity contribution is 5.78. The molecule has 0 N–H and O–H groups in total. The maximum atomic E-state index is 13.1. The molecule has 0 unspecified atom stereocenters. The van der Waals surface area contributed by atoms with E-state index in [9.17, 15) is 9.18 Å². The molecule has 82 valence electrons. The van der Waals surface area contributed by atoms with Gasteiger partial charge in [-0.05, 0) is 54.7 Å². The third-order valence-electron chi connectivity index (χ3n) is 2.80. The fourth-order valence-corrected chi connectivity index (χ4v) is 2.00. The topological polar surface area (TPSA) is 17.1 Å². The van der Waals surface area contributed by atoms with Gasteiger partial charge >= 0.3 is 0 Å². The quantitative estimate of drug-likeness (QED) is 0.686. The Morgan fingerprint density at radius 3 is 2.81 bits per heavy atom. The average Bonchev–Trinajstić information content (AvgIpc) is 2.28. The highest BCUT2D eigenvalue weighted by Gasteiger charge is 2.09. The van der Waals surface area contributed by atoms with Crippen LogP contribution >= 0.6 is 0 Å². The van der Waals surface area contributed by atoms with Crippen LogP contribution in [0.5, 0.6) is 0 Å². The number of benzene rings is 1. The van der Waals surface area contributed by atoms with E-state index < -0.39 is 0 Å². The van der Waals surface area contributed by atoms with Crippen molar-refractivity contribution >= 4 is 11.9 Å². The molecule has 1 aliphatic carbocycles. The van der Waals surface area contributed by atoms with Gasteiger partial charge in [0.15, 0.2) is 0 Å². The minimum atomic E-state index is -0.167. The Balaban J connectivity index is 2.41. The third kappa shape index (κ3) is 2.11. The van der Waals surface area contributed by atoms with Gasteiger partial charge < -0.3 is 0 Å². The summed E-state index contributed by atoms with van der Waals surface area (Å²) in [5, 5.41) is 0. The smallest absolute Gasteiger partial charge is 0.150 e. The van der Waals surface area contributed by atoms with E-state index in [1.807, 2.05) is 19.1 Å². The molecule has 0 aromatic heterocycles. The van der Waals surface area contributed by atoms with Crippen LogP contribution in [0.2, 0.25) is 0 Å². The standard InChI is InChI=1S/C14H13FO/c1-10-7-11(9-16)5-6-14(10)12-3-2-4-13(15)8-12/h4-9H,2-3H2,1H3. The molecule has 0 saturated heterocycles. The second kappa shape index (κ2) is 4.44. The fraction of sp³-hybridized carbons (Fsp3) is 0.214. The van der Waals surface area contributed by atoms with Crippen LogP contribution in [0.3, 0.4) is 0 Å². The van der Waals surface area contributed by atoms with Gasteiger partial charge in [-0.2, -0.15) is 0 Å². The summed E-state index contributed by atoms with van der Waals surface area (Å²) in [6.07, 6.45) is 5.60. The Morgan fingerprint density at radius 2 is 2.19 bits per heavy atom. The molecule has 16 heavy (non-hydrogen) atoms. The number of carbonyl (C=O) groups excluding carboxylic acids is 1. The molecule has 1 aliphatic rings. The van der Waals surface area contributed by atoms with E-state index in [-0.39, 0.29) is 5.83 Å². The van der Waals surface area contributed by atoms with Gasteiger partial charge in [0.25, 0.3) is 0 Å². The van der Waals surface area contributed by atoms with Crippen molar-refractivity contribution in [3.05, 3.63) is 52.9 Å². The van der Waals surface area contributed by atoms with Crippen LogP contribution in [0.25, 0.3) is 5.57 Å². The maximum Gasteiger partial charge on any atom is 0.150 e. The molecule has 0 saturated carbocycles. The van der Waals surface area contributed by atoms with E-state index in [0.717, 1.165) is 35.8 Å². The molecule has 0 bridgehead atoms. The van der Waals surface area contributed by atoms with Crippen molar-refractivity contribution in [3.8, 4) is 0 Å². The lowest BCUT2D eigenvalue weighted by Gasteiger charge is -2.13. The van der Waals surface area contributed by atoms with Crippen LogP contribution < -0.4 is 0 Å². The van der Waals surface area contributed by atoms with Gasteiger partial charge in [0, 0.05) is 5.56 Å². The number of hydrogen-bond donors (Lipinski definition) is 0. The van der Waals surface area contributed by atoms with Gasteiger partial charge in [-0.3, -0.25) is 4.79 Å². The Hall–Kier alpha value is -1.70. The number of aldehydes is 1. The second-order valence-electron chi connectivity index (χ2n) is 3.99. The number of hydrogen-bond acceptors (Lipinski definition) is 1. The largest absolute Gasteiger partial charge is 0.298 e. The normalized spacial score (nSPS) is 15.4. The number of rotatable bonds is 2.